The van der Waals surface area contributed by atoms with Gasteiger partial charge in [-0.15, -0.1) is 6.42 Å². The van der Waals surface area contributed by atoms with Gasteiger partial charge in [-0.05, 0) is 77.8 Å². The van der Waals surface area contributed by atoms with Crippen molar-refractivity contribution in [2.45, 2.75) is 130 Å². The molecule has 1 aliphatic carbocycles. The zero-order valence-electron chi connectivity index (χ0n) is 25.2. The van der Waals surface area contributed by atoms with Gasteiger partial charge >= 0.3 is 6.09 Å². The number of alkyl carbamates (subject to hydrolysis) is 1. The molecule has 0 aliphatic heterocycles. The highest BCUT2D eigenvalue weighted by Gasteiger charge is 2.44. The average Bonchev–Trinajstić information content (AvgIpc) is 2.85. The van der Waals surface area contributed by atoms with Crippen LogP contribution >= 0.6 is 0 Å². The highest BCUT2D eigenvalue weighted by Crippen LogP contribution is 2.34. The van der Waals surface area contributed by atoms with Gasteiger partial charge in [0.2, 0.25) is 11.8 Å². The smallest absolute Gasteiger partial charge is 0.408 e. The predicted octanol–water partition coefficient (Wildman–Crippen LogP) is 6.11. The van der Waals surface area contributed by atoms with Gasteiger partial charge in [-0.25, -0.2) is 4.79 Å². The summed E-state index contributed by atoms with van der Waals surface area (Å²) in [4.78, 5) is 43.1. The molecule has 2 rings (SSSR count). The summed E-state index contributed by atoms with van der Waals surface area (Å²) in [5.74, 6) is 2.23. The van der Waals surface area contributed by atoms with Crippen molar-refractivity contribution < 1.29 is 19.1 Å². The lowest BCUT2D eigenvalue weighted by Gasteiger charge is -2.45. The molecule has 2 unspecified atom stereocenters. The normalized spacial score (nSPS) is 16.1. The zero-order chi connectivity index (χ0) is 29.4. The second-order valence-corrected chi connectivity index (χ2v) is 12.7. The molecule has 7 heteroatoms. The van der Waals surface area contributed by atoms with Crippen LogP contribution in [-0.2, 0) is 14.3 Å². The molecular weight excluding hydrogens is 490 g/mol. The van der Waals surface area contributed by atoms with Crippen LogP contribution in [-0.4, -0.2) is 46.0 Å². The van der Waals surface area contributed by atoms with Crippen LogP contribution in [0.5, 0.6) is 0 Å². The first-order valence-electron chi connectivity index (χ1n) is 14.4. The summed E-state index contributed by atoms with van der Waals surface area (Å²) in [6.45, 7) is 15.2. The highest BCUT2D eigenvalue weighted by atomic mass is 16.6. The lowest BCUT2D eigenvalue weighted by molar-refractivity contribution is -0.150. The second-order valence-electron chi connectivity index (χ2n) is 12.7. The van der Waals surface area contributed by atoms with Crippen molar-refractivity contribution >= 4 is 17.9 Å². The Bertz CT molecular complexity index is 1030. The number of hydrogen-bond acceptors (Lipinski definition) is 4. The van der Waals surface area contributed by atoms with Gasteiger partial charge in [-0.1, -0.05) is 64.2 Å². The van der Waals surface area contributed by atoms with Crippen LogP contribution in [0, 0.1) is 18.3 Å². The van der Waals surface area contributed by atoms with Crippen molar-refractivity contribution in [3.8, 4) is 12.3 Å². The van der Waals surface area contributed by atoms with E-state index in [1.807, 2.05) is 52.8 Å². The fourth-order valence-electron chi connectivity index (χ4n) is 5.05. The van der Waals surface area contributed by atoms with Crippen molar-refractivity contribution in [2.75, 3.05) is 0 Å². The van der Waals surface area contributed by atoms with Crippen molar-refractivity contribution in [2.24, 2.45) is 5.92 Å². The Morgan fingerprint density at radius 1 is 1.08 bits per heavy atom. The first-order chi connectivity index (χ1) is 18.2. The van der Waals surface area contributed by atoms with Crippen LogP contribution < -0.4 is 10.6 Å². The fraction of sp³-hybridized carbons (Fsp3) is 0.656. The molecule has 0 heterocycles. The monoisotopic (exact) mass is 539 g/mol. The third kappa shape index (κ3) is 9.30. The Morgan fingerprint density at radius 2 is 1.69 bits per heavy atom. The summed E-state index contributed by atoms with van der Waals surface area (Å²) in [5, 5.41) is 6.05. The third-order valence-electron chi connectivity index (χ3n) is 7.32. The van der Waals surface area contributed by atoms with Crippen LogP contribution in [0.1, 0.15) is 118 Å². The lowest BCUT2D eigenvalue weighted by atomic mass is 9.88. The molecule has 3 amide bonds. The van der Waals surface area contributed by atoms with Crippen molar-refractivity contribution in [3.63, 3.8) is 0 Å². The van der Waals surface area contributed by atoms with E-state index >= 15 is 0 Å². The Labute approximate surface area is 235 Å². The molecule has 1 aliphatic rings. The standard InChI is InChI=1S/C32H49N3O4/c1-10-23-17-15-16-20-25(23)27(28(36)33-24-18-13-12-14-19-24)35(32(8,9)11-2)29(37)26(21-22(3)4)34-30(38)39-31(5,6)7/h1,15-17,20,22,24,26-27H,11-14,18-19,21H2,2-9H3,(H,33,36)(H,34,38). The van der Waals surface area contributed by atoms with Gasteiger partial charge in [0.1, 0.15) is 17.7 Å². The number of ether oxygens (including phenoxy) is 1. The Morgan fingerprint density at radius 3 is 2.23 bits per heavy atom. The van der Waals surface area contributed by atoms with E-state index in [0.717, 1.165) is 32.1 Å². The topological polar surface area (TPSA) is 87.7 Å². The van der Waals surface area contributed by atoms with Gasteiger partial charge in [0, 0.05) is 17.1 Å². The van der Waals surface area contributed by atoms with Gasteiger partial charge in [-0.2, -0.15) is 0 Å². The van der Waals surface area contributed by atoms with Crippen LogP contribution in [0.15, 0.2) is 24.3 Å². The molecular formula is C32H49N3O4. The maximum atomic E-state index is 14.5. The molecule has 1 fully saturated rings. The number of nitrogens with one attached hydrogen (secondary N) is 2. The number of benzene rings is 1. The highest BCUT2D eigenvalue weighted by molar-refractivity contribution is 5.93. The van der Waals surface area contributed by atoms with E-state index < -0.39 is 29.3 Å². The van der Waals surface area contributed by atoms with Crippen molar-refractivity contribution in [3.05, 3.63) is 35.4 Å². The van der Waals surface area contributed by atoms with Gasteiger partial charge in [0.15, 0.2) is 0 Å². The summed E-state index contributed by atoms with van der Waals surface area (Å²) in [5.41, 5.74) is -0.278. The van der Waals surface area contributed by atoms with Gasteiger partial charge in [0.25, 0.3) is 0 Å². The van der Waals surface area contributed by atoms with Crippen molar-refractivity contribution in [1.82, 2.24) is 15.5 Å². The molecule has 7 nitrogen and oxygen atoms in total. The van der Waals surface area contributed by atoms with Gasteiger partial charge < -0.3 is 20.3 Å². The molecule has 0 aromatic heterocycles. The molecule has 0 spiro atoms. The van der Waals surface area contributed by atoms with E-state index in [0.29, 0.717) is 24.0 Å². The molecule has 1 aromatic rings. The molecule has 1 saturated carbocycles. The average molecular weight is 540 g/mol. The van der Waals surface area contributed by atoms with Crippen molar-refractivity contribution in [1.29, 1.82) is 0 Å². The summed E-state index contributed by atoms with van der Waals surface area (Å²) in [6, 6.07) is 5.50. The van der Waals surface area contributed by atoms with E-state index in [1.165, 1.54) is 0 Å². The first-order valence-corrected chi connectivity index (χ1v) is 14.4. The lowest BCUT2D eigenvalue weighted by Crippen LogP contribution is -2.60. The van der Waals surface area contributed by atoms with Crippen LogP contribution in [0.3, 0.4) is 0 Å². The summed E-state index contributed by atoms with van der Waals surface area (Å²) < 4.78 is 5.49. The number of carbonyl (C=O) groups excluding carboxylic acids is 3. The molecule has 216 valence electrons. The molecule has 2 atom stereocenters. The van der Waals surface area contributed by atoms with E-state index in [-0.39, 0.29) is 23.8 Å². The van der Waals surface area contributed by atoms with E-state index in [2.05, 4.69) is 16.6 Å². The minimum absolute atomic E-state index is 0.0554. The molecule has 2 N–H and O–H groups in total. The van der Waals surface area contributed by atoms with E-state index in [1.54, 1.807) is 31.7 Å². The van der Waals surface area contributed by atoms with Gasteiger partial charge in [0.05, 0.1) is 0 Å². The van der Waals surface area contributed by atoms with E-state index in [9.17, 15) is 14.4 Å². The minimum Gasteiger partial charge on any atom is -0.444 e. The molecule has 0 saturated heterocycles. The molecule has 1 aromatic carbocycles. The third-order valence-corrected chi connectivity index (χ3v) is 7.32. The Balaban J connectivity index is 2.62. The summed E-state index contributed by atoms with van der Waals surface area (Å²) in [7, 11) is 0. The fourth-order valence-corrected chi connectivity index (χ4v) is 5.05. The Kier molecular flexibility index (Phi) is 11.5. The number of rotatable bonds is 10. The Hall–Kier alpha value is -3.01. The number of terminal acetylenes is 1. The van der Waals surface area contributed by atoms with Crippen LogP contribution in [0.25, 0.3) is 0 Å². The van der Waals surface area contributed by atoms with Crippen LogP contribution in [0.2, 0.25) is 0 Å². The number of carbonyl (C=O) groups is 3. The first kappa shape index (κ1) is 32.2. The predicted molar refractivity (Wildman–Crippen MR) is 156 cm³/mol. The summed E-state index contributed by atoms with van der Waals surface area (Å²) in [6.07, 6.45) is 11.3. The number of hydrogen-bond donors (Lipinski definition) is 2. The van der Waals surface area contributed by atoms with Gasteiger partial charge in [-0.3, -0.25) is 9.59 Å². The maximum absolute atomic E-state index is 14.5. The second kappa shape index (κ2) is 13.9. The zero-order valence-corrected chi connectivity index (χ0v) is 25.2. The largest absolute Gasteiger partial charge is 0.444 e. The SMILES string of the molecule is C#Cc1ccccc1C(C(=O)NC1CCCCC1)N(C(=O)C(CC(C)C)NC(=O)OC(C)(C)C)C(C)(C)CC. The summed E-state index contributed by atoms with van der Waals surface area (Å²) >= 11 is 0. The minimum atomic E-state index is -0.961. The molecule has 0 bridgehead atoms. The number of amides is 3. The van der Waals surface area contributed by atoms with E-state index in [4.69, 9.17) is 11.2 Å². The number of nitrogens with zero attached hydrogens (tertiary/aromatic N) is 1. The maximum Gasteiger partial charge on any atom is 0.408 e. The molecule has 39 heavy (non-hydrogen) atoms. The quantitative estimate of drug-likeness (QED) is 0.351. The van der Waals surface area contributed by atoms with Crippen LogP contribution in [0.4, 0.5) is 4.79 Å². The molecule has 0 radical (unpaired) electrons.